The van der Waals surface area contributed by atoms with E-state index >= 15 is 0 Å². The number of carbonyl (C=O) groups is 1. The molecule has 2 aromatic rings. The molecule has 0 radical (unpaired) electrons. The second kappa shape index (κ2) is 6.17. The molecule has 2 aliphatic rings. The zero-order valence-corrected chi connectivity index (χ0v) is 14.8. The van der Waals surface area contributed by atoms with Crippen molar-refractivity contribution in [2.75, 3.05) is 0 Å². The van der Waals surface area contributed by atoms with Crippen molar-refractivity contribution < 1.29 is 4.79 Å². The van der Waals surface area contributed by atoms with Crippen LogP contribution >= 0.6 is 0 Å². The van der Waals surface area contributed by atoms with E-state index in [1.807, 2.05) is 35.2 Å². The molecule has 25 heavy (non-hydrogen) atoms. The van der Waals surface area contributed by atoms with E-state index in [1.165, 1.54) is 0 Å². The van der Waals surface area contributed by atoms with Crippen molar-refractivity contribution in [3.8, 4) is 0 Å². The molecule has 1 fully saturated rings. The van der Waals surface area contributed by atoms with Gasteiger partial charge in [-0.3, -0.25) is 9.36 Å². The molecule has 0 aliphatic carbocycles. The quantitative estimate of drug-likeness (QED) is 0.858. The van der Waals surface area contributed by atoms with Crippen molar-refractivity contribution in [1.82, 2.24) is 19.2 Å². The highest BCUT2D eigenvalue weighted by Crippen LogP contribution is 2.31. The summed E-state index contributed by atoms with van der Waals surface area (Å²) in [5.41, 5.74) is 0.680. The number of carbonyl (C=O) groups excluding carboxylic acids is 1. The number of hydrogen-bond donors (Lipinski definition) is 0. The normalized spacial score (nSPS) is 22.1. The third-order valence-electron chi connectivity index (χ3n) is 5.22. The summed E-state index contributed by atoms with van der Waals surface area (Å²) in [6.07, 6.45) is 2.59. The van der Waals surface area contributed by atoms with E-state index in [9.17, 15) is 9.59 Å². The fourth-order valence-electron chi connectivity index (χ4n) is 4.11. The number of aromatic nitrogens is 3. The Balaban J connectivity index is 1.64. The summed E-state index contributed by atoms with van der Waals surface area (Å²) in [5, 5.41) is 4.56. The van der Waals surface area contributed by atoms with Crippen LogP contribution in [0.2, 0.25) is 0 Å². The second-order valence-electron chi connectivity index (χ2n) is 7.55. The Labute approximate surface area is 147 Å². The van der Waals surface area contributed by atoms with Gasteiger partial charge < -0.3 is 4.90 Å². The summed E-state index contributed by atoms with van der Waals surface area (Å²) in [6, 6.07) is 9.63. The van der Waals surface area contributed by atoms with Gasteiger partial charge in [-0.15, -0.1) is 0 Å². The van der Waals surface area contributed by atoms with Crippen LogP contribution in [0.15, 0.2) is 35.1 Å². The van der Waals surface area contributed by atoms with E-state index in [2.05, 4.69) is 18.9 Å². The van der Waals surface area contributed by atoms with Crippen molar-refractivity contribution in [1.29, 1.82) is 0 Å². The Morgan fingerprint density at radius 1 is 1.20 bits per heavy atom. The van der Waals surface area contributed by atoms with Gasteiger partial charge in [0.2, 0.25) is 0 Å². The van der Waals surface area contributed by atoms with E-state index in [-0.39, 0.29) is 23.7 Å². The number of benzene rings is 1. The molecule has 2 atom stereocenters. The smallest absolute Gasteiger partial charge is 0.330 e. The summed E-state index contributed by atoms with van der Waals surface area (Å²) >= 11 is 0. The molecule has 4 rings (SSSR count). The molecule has 1 saturated heterocycles. The van der Waals surface area contributed by atoms with E-state index < -0.39 is 0 Å². The molecule has 132 valence electrons. The summed E-state index contributed by atoms with van der Waals surface area (Å²) in [5.74, 6) is 1.27. The zero-order chi connectivity index (χ0) is 17.6. The SMILES string of the molecule is CC(C)Cn1nc2n(c1=O)C[C@H]1CC[C@@H](C2)N1C(=O)c1ccccc1. The Morgan fingerprint density at radius 3 is 2.64 bits per heavy atom. The maximum absolute atomic E-state index is 13.0. The van der Waals surface area contributed by atoms with Gasteiger partial charge in [-0.1, -0.05) is 32.0 Å². The van der Waals surface area contributed by atoms with E-state index in [1.54, 1.807) is 9.25 Å². The van der Waals surface area contributed by atoms with Crippen LogP contribution in [0.1, 0.15) is 42.9 Å². The first-order valence-corrected chi connectivity index (χ1v) is 9.09. The van der Waals surface area contributed by atoms with E-state index in [0.717, 1.165) is 24.2 Å². The average Bonchev–Trinajstić information content (AvgIpc) is 3.04. The average molecular weight is 340 g/mol. The molecule has 0 unspecified atom stereocenters. The molecule has 0 spiro atoms. The predicted molar refractivity (Wildman–Crippen MR) is 94.5 cm³/mol. The lowest BCUT2D eigenvalue weighted by Crippen LogP contribution is -2.43. The maximum atomic E-state index is 13.0. The van der Waals surface area contributed by atoms with Gasteiger partial charge >= 0.3 is 5.69 Å². The molecule has 2 bridgehead atoms. The van der Waals surface area contributed by atoms with Crippen LogP contribution in [-0.4, -0.2) is 37.2 Å². The number of amides is 1. The molecule has 0 N–H and O–H groups in total. The van der Waals surface area contributed by atoms with Crippen molar-refractivity contribution in [2.24, 2.45) is 5.92 Å². The first kappa shape index (κ1) is 16.1. The van der Waals surface area contributed by atoms with E-state index in [0.29, 0.717) is 25.4 Å². The molecule has 2 aliphatic heterocycles. The maximum Gasteiger partial charge on any atom is 0.345 e. The minimum absolute atomic E-state index is 0.0386. The lowest BCUT2D eigenvalue weighted by atomic mass is 10.1. The van der Waals surface area contributed by atoms with E-state index in [4.69, 9.17) is 0 Å². The van der Waals surface area contributed by atoms with Gasteiger partial charge in [-0.2, -0.15) is 5.10 Å². The molecular weight excluding hydrogens is 316 g/mol. The molecule has 3 heterocycles. The molecule has 6 nitrogen and oxygen atoms in total. The van der Waals surface area contributed by atoms with Crippen LogP contribution in [0, 0.1) is 5.92 Å². The summed E-state index contributed by atoms with van der Waals surface area (Å²) in [7, 11) is 0. The topological polar surface area (TPSA) is 60.1 Å². The van der Waals surface area contributed by atoms with Gasteiger partial charge in [-0.05, 0) is 30.9 Å². The molecule has 6 heteroatoms. The first-order chi connectivity index (χ1) is 12.0. The van der Waals surface area contributed by atoms with Gasteiger partial charge in [0.25, 0.3) is 5.91 Å². The van der Waals surface area contributed by atoms with Crippen molar-refractivity contribution >= 4 is 5.91 Å². The number of hydrogen-bond acceptors (Lipinski definition) is 3. The van der Waals surface area contributed by atoms with Crippen LogP contribution < -0.4 is 5.69 Å². The summed E-state index contributed by atoms with van der Waals surface area (Å²) in [6.45, 7) is 5.37. The highest BCUT2D eigenvalue weighted by atomic mass is 16.2. The van der Waals surface area contributed by atoms with Crippen LogP contribution in [-0.2, 0) is 19.5 Å². The number of nitrogens with zero attached hydrogens (tertiary/aromatic N) is 4. The Hall–Kier alpha value is -2.37. The summed E-state index contributed by atoms with van der Waals surface area (Å²) in [4.78, 5) is 27.7. The highest BCUT2D eigenvalue weighted by molar-refractivity contribution is 5.94. The van der Waals surface area contributed by atoms with Crippen molar-refractivity contribution in [3.05, 3.63) is 52.2 Å². The fraction of sp³-hybridized carbons (Fsp3) is 0.526. The van der Waals surface area contributed by atoms with Crippen molar-refractivity contribution in [3.63, 3.8) is 0 Å². The molecule has 1 aromatic carbocycles. The Bertz CT molecular complexity index is 837. The molecule has 1 amide bonds. The standard InChI is InChI=1S/C19H24N4O2/c1-13(2)11-22-19(25)21-12-16-9-8-15(10-17(21)20-22)23(16)18(24)14-6-4-3-5-7-14/h3-7,13,15-16H,8-12H2,1-2H3/t15-,16+/m0/s1. The fourth-order valence-corrected chi connectivity index (χ4v) is 4.11. The van der Waals surface area contributed by atoms with Gasteiger partial charge in [0, 0.05) is 31.1 Å². The molecule has 0 saturated carbocycles. The Kier molecular flexibility index (Phi) is 3.98. The van der Waals surface area contributed by atoms with Crippen LogP contribution in [0.5, 0.6) is 0 Å². The third kappa shape index (κ3) is 2.79. The number of fused-ring (bicyclic) bond motifs is 3. The number of rotatable bonds is 3. The van der Waals surface area contributed by atoms with Gasteiger partial charge in [-0.25, -0.2) is 9.48 Å². The summed E-state index contributed by atoms with van der Waals surface area (Å²) < 4.78 is 3.38. The third-order valence-corrected chi connectivity index (χ3v) is 5.22. The minimum Gasteiger partial charge on any atom is -0.330 e. The van der Waals surface area contributed by atoms with Gasteiger partial charge in [0.05, 0.1) is 6.04 Å². The molecular formula is C19H24N4O2. The zero-order valence-electron chi connectivity index (χ0n) is 14.8. The lowest BCUT2D eigenvalue weighted by Gasteiger charge is -2.28. The van der Waals surface area contributed by atoms with Crippen LogP contribution in [0.3, 0.4) is 0 Å². The second-order valence-corrected chi connectivity index (χ2v) is 7.55. The largest absolute Gasteiger partial charge is 0.345 e. The Morgan fingerprint density at radius 2 is 1.92 bits per heavy atom. The first-order valence-electron chi connectivity index (χ1n) is 9.09. The monoisotopic (exact) mass is 340 g/mol. The van der Waals surface area contributed by atoms with Gasteiger partial charge in [0.15, 0.2) is 0 Å². The minimum atomic E-state index is -0.0386. The highest BCUT2D eigenvalue weighted by Gasteiger charge is 2.41. The molecule has 1 aromatic heterocycles. The lowest BCUT2D eigenvalue weighted by molar-refractivity contribution is 0.0664. The van der Waals surface area contributed by atoms with Gasteiger partial charge in [0.1, 0.15) is 5.82 Å². The van der Waals surface area contributed by atoms with Crippen molar-refractivity contribution in [2.45, 2.75) is 58.3 Å². The predicted octanol–water partition coefficient (Wildman–Crippen LogP) is 1.93. The van der Waals surface area contributed by atoms with Crippen LogP contribution in [0.25, 0.3) is 0 Å². The van der Waals surface area contributed by atoms with Crippen LogP contribution in [0.4, 0.5) is 0 Å².